The molecule has 66 valence electrons. The van der Waals surface area contributed by atoms with E-state index in [1.54, 1.807) is 12.3 Å². The third-order valence-electron chi connectivity index (χ3n) is 1.62. The van der Waals surface area contributed by atoms with Gasteiger partial charge in [0.1, 0.15) is 10.2 Å². The van der Waals surface area contributed by atoms with Gasteiger partial charge in [-0.2, -0.15) is 5.10 Å². The smallest absolute Gasteiger partial charge is 0.254 e. The molecule has 0 fully saturated rings. The van der Waals surface area contributed by atoms with Crippen LogP contribution in [0.25, 0.3) is 5.65 Å². The van der Waals surface area contributed by atoms with Gasteiger partial charge in [-0.3, -0.25) is 4.79 Å². The molecular formula is C7H5BrN4O. The van der Waals surface area contributed by atoms with Gasteiger partial charge >= 0.3 is 0 Å². The minimum atomic E-state index is -0.527. The van der Waals surface area contributed by atoms with Crippen LogP contribution in [0.15, 0.2) is 23.1 Å². The maximum absolute atomic E-state index is 10.9. The van der Waals surface area contributed by atoms with E-state index in [0.717, 1.165) is 4.60 Å². The van der Waals surface area contributed by atoms with Crippen LogP contribution in [0.1, 0.15) is 10.4 Å². The highest BCUT2D eigenvalue weighted by Gasteiger charge is 2.10. The molecule has 0 aliphatic carbocycles. The monoisotopic (exact) mass is 240 g/mol. The van der Waals surface area contributed by atoms with Gasteiger partial charge in [-0.05, 0) is 22.0 Å². The van der Waals surface area contributed by atoms with Crippen molar-refractivity contribution in [3.05, 3.63) is 28.6 Å². The van der Waals surface area contributed by atoms with Gasteiger partial charge < -0.3 is 5.73 Å². The maximum atomic E-state index is 10.9. The third kappa shape index (κ3) is 1.19. The maximum Gasteiger partial charge on any atom is 0.254 e. The van der Waals surface area contributed by atoms with Gasteiger partial charge in [-0.1, -0.05) is 0 Å². The SMILES string of the molecule is NC(=O)c1cnn2c(Br)ccnc12. The Morgan fingerprint density at radius 3 is 3.08 bits per heavy atom. The fourth-order valence-corrected chi connectivity index (χ4v) is 1.41. The molecule has 2 aromatic heterocycles. The largest absolute Gasteiger partial charge is 0.365 e. The number of fused-ring (bicyclic) bond motifs is 1. The Kier molecular flexibility index (Phi) is 1.77. The number of carbonyl (C=O) groups excluding carboxylic acids is 1. The normalized spacial score (nSPS) is 10.5. The standard InChI is InChI=1S/C7H5BrN4O/c8-5-1-2-10-7-4(6(9)13)3-11-12(5)7/h1-3H,(H2,9,13). The number of hydrogen-bond donors (Lipinski definition) is 1. The van der Waals surface area contributed by atoms with Gasteiger partial charge in [-0.25, -0.2) is 9.50 Å². The van der Waals surface area contributed by atoms with Crippen LogP contribution in [-0.4, -0.2) is 20.5 Å². The zero-order valence-electron chi connectivity index (χ0n) is 6.44. The topological polar surface area (TPSA) is 73.3 Å². The molecule has 1 amide bonds. The van der Waals surface area contributed by atoms with Gasteiger partial charge in [0.05, 0.1) is 6.20 Å². The van der Waals surface area contributed by atoms with E-state index < -0.39 is 5.91 Å². The Balaban J connectivity index is 2.83. The number of halogens is 1. The minimum Gasteiger partial charge on any atom is -0.365 e. The summed E-state index contributed by atoms with van der Waals surface area (Å²) in [6.45, 7) is 0. The molecule has 0 saturated heterocycles. The number of primary amides is 1. The zero-order chi connectivity index (χ0) is 9.42. The Morgan fingerprint density at radius 2 is 2.38 bits per heavy atom. The zero-order valence-corrected chi connectivity index (χ0v) is 8.02. The van der Waals surface area contributed by atoms with Crippen molar-refractivity contribution >= 4 is 27.5 Å². The number of nitrogens with two attached hydrogens (primary N) is 1. The van der Waals surface area contributed by atoms with Crippen LogP contribution >= 0.6 is 15.9 Å². The van der Waals surface area contributed by atoms with Crippen molar-refractivity contribution in [1.29, 1.82) is 0 Å². The Hall–Kier alpha value is -1.43. The van der Waals surface area contributed by atoms with Crippen molar-refractivity contribution in [2.24, 2.45) is 5.73 Å². The molecule has 0 aliphatic rings. The van der Waals surface area contributed by atoms with E-state index in [0.29, 0.717) is 11.2 Å². The van der Waals surface area contributed by atoms with E-state index in [-0.39, 0.29) is 0 Å². The highest BCUT2D eigenvalue weighted by Crippen LogP contribution is 2.13. The first-order chi connectivity index (χ1) is 6.20. The molecule has 0 bridgehead atoms. The molecule has 5 nitrogen and oxygen atoms in total. The van der Waals surface area contributed by atoms with Crippen molar-refractivity contribution in [2.45, 2.75) is 0 Å². The number of aromatic nitrogens is 3. The summed E-state index contributed by atoms with van der Waals surface area (Å²) in [6.07, 6.45) is 2.98. The third-order valence-corrected chi connectivity index (χ3v) is 2.22. The fourth-order valence-electron chi connectivity index (χ4n) is 1.04. The predicted molar refractivity (Wildman–Crippen MR) is 49.2 cm³/mol. The molecule has 2 N–H and O–H groups in total. The molecule has 0 unspecified atom stereocenters. The molecule has 0 saturated carbocycles. The summed E-state index contributed by atoms with van der Waals surface area (Å²) in [4.78, 5) is 14.9. The molecule has 2 aromatic rings. The van der Waals surface area contributed by atoms with Crippen LogP contribution < -0.4 is 5.73 Å². The van der Waals surface area contributed by atoms with Crippen molar-refractivity contribution in [3.8, 4) is 0 Å². The molecular weight excluding hydrogens is 236 g/mol. The number of nitrogens with zero attached hydrogens (tertiary/aromatic N) is 3. The number of rotatable bonds is 1. The van der Waals surface area contributed by atoms with Crippen molar-refractivity contribution in [3.63, 3.8) is 0 Å². The lowest BCUT2D eigenvalue weighted by Gasteiger charge is -1.95. The minimum absolute atomic E-state index is 0.321. The van der Waals surface area contributed by atoms with Crippen LogP contribution in [0.4, 0.5) is 0 Å². The van der Waals surface area contributed by atoms with Crippen LogP contribution in [0.2, 0.25) is 0 Å². The summed E-state index contributed by atoms with van der Waals surface area (Å²) < 4.78 is 2.23. The van der Waals surface area contributed by atoms with Gasteiger partial charge in [-0.15, -0.1) is 0 Å². The Morgan fingerprint density at radius 1 is 1.62 bits per heavy atom. The lowest BCUT2D eigenvalue weighted by molar-refractivity contribution is 0.100. The first-order valence-electron chi connectivity index (χ1n) is 3.48. The Bertz CT molecular complexity index is 478. The number of hydrogen-bond acceptors (Lipinski definition) is 3. The van der Waals surface area contributed by atoms with E-state index in [9.17, 15) is 4.79 Å². The lowest BCUT2D eigenvalue weighted by atomic mass is 10.3. The van der Waals surface area contributed by atoms with E-state index in [4.69, 9.17) is 5.73 Å². The molecule has 6 heteroatoms. The Labute approximate surface area is 81.7 Å². The summed E-state index contributed by atoms with van der Waals surface area (Å²) in [5, 5.41) is 3.95. The molecule has 0 atom stereocenters. The molecule has 0 aliphatic heterocycles. The van der Waals surface area contributed by atoms with Crippen LogP contribution in [-0.2, 0) is 0 Å². The average molecular weight is 241 g/mol. The first-order valence-corrected chi connectivity index (χ1v) is 4.27. The van der Waals surface area contributed by atoms with E-state index in [2.05, 4.69) is 26.0 Å². The second kappa shape index (κ2) is 2.81. The van der Waals surface area contributed by atoms with Gasteiger partial charge in [0.15, 0.2) is 5.65 Å². The van der Waals surface area contributed by atoms with E-state index in [1.807, 2.05) is 0 Å². The van der Waals surface area contributed by atoms with Crippen LogP contribution in [0.3, 0.4) is 0 Å². The van der Waals surface area contributed by atoms with E-state index >= 15 is 0 Å². The molecule has 0 radical (unpaired) electrons. The summed E-state index contributed by atoms with van der Waals surface area (Å²) in [5.74, 6) is -0.527. The van der Waals surface area contributed by atoms with Crippen molar-refractivity contribution < 1.29 is 4.79 Å². The second-order valence-corrected chi connectivity index (χ2v) is 3.24. The van der Waals surface area contributed by atoms with Crippen LogP contribution in [0.5, 0.6) is 0 Å². The molecule has 2 rings (SSSR count). The predicted octanol–water partition coefficient (Wildman–Crippen LogP) is 0.591. The van der Waals surface area contributed by atoms with Gasteiger partial charge in [0.25, 0.3) is 5.91 Å². The lowest BCUT2D eigenvalue weighted by Crippen LogP contribution is -2.10. The van der Waals surface area contributed by atoms with Crippen molar-refractivity contribution in [2.75, 3.05) is 0 Å². The molecule has 0 spiro atoms. The second-order valence-electron chi connectivity index (χ2n) is 2.43. The fraction of sp³-hybridized carbons (Fsp3) is 0. The molecule has 13 heavy (non-hydrogen) atoms. The summed E-state index contributed by atoms with van der Waals surface area (Å²) in [5.41, 5.74) is 5.91. The first kappa shape index (κ1) is 8.18. The van der Waals surface area contributed by atoms with Crippen molar-refractivity contribution in [1.82, 2.24) is 14.6 Å². The summed E-state index contributed by atoms with van der Waals surface area (Å²) in [7, 11) is 0. The van der Waals surface area contributed by atoms with E-state index in [1.165, 1.54) is 10.7 Å². The number of carbonyl (C=O) groups is 1. The van der Waals surface area contributed by atoms with Gasteiger partial charge in [0, 0.05) is 6.20 Å². The van der Waals surface area contributed by atoms with Crippen LogP contribution in [0, 0.1) is 0 Å². The summed E-state index contributed by atoms with van der Waals surface area (Å²) in [6, 6.07) is 1.73. The highest BCUT2D eigenvalue weighted by atomic mass is 79.9. The molecule has 0 aromatic carbocycles. The quantitative estimate of drug-likeness (QED) is 0.742. The number of amides is 1. The van der Waals surface area contributed by atoms with Gasteiger partial charge in [0.2, 0.25) is 0 Å². The summed E-state index contributed by atoms with van der Waals surface area (Å²) >= 11 is 3.27. The average Bonchev–Trinajstić information content (AvgIpc) is 2.48. The highest BCUT2D eigenvalue weighted by molar-refractivity contribution is 9.10. The molecule has 2 heterocycles.